The number of rotatable bonds is 2. The highest BCUT2D eigenvalue weighted by atomic mass is 16.5. The molecule has 1 spiro atoms. The van der Waals surface area contributed by atoms with Gasteiger partial charge in [0, 0.05) is 24.1 Å². The first-order valence-electron chi connectivity index (χ1n) is 9.36. The lowest BCUT2D eigenvalue weighted by molar-refractivity contribution is 0.0581. The van der Waals surface area contributed by atoms with E-state index in [1.165, 1.54) is 5.56 Å². The molecule has 1 saturated heterocycles. The minimum absolute atomic E-state index is 0.279. The average molecular weight is 362 g/mol. The van der Waals surface area contributed by atoms with E-state index in [1.807, 2.05) is 48.5 Å². The van der Waals surface area contributed by atoms with Crippen molar-refractivity contribution in [2.75, 3.05) is 18.0 Å². The molecule has 1 fully saturated rings. The first-order valence-corrected chi connectivity index (χ1v) is 9.36. The fourth-order valence-electron chi connectivity index (χ4n) is 4.63. The lowest BCUT2D eigenvalue weighted by Crippen LogP contribution is -2.49. The number of aromatic nitrogens is 2. The van der Waals surface area contributed by atoms with E-state index in [2.05, 4.69) is 21.1 Å². The van der Waals surface area contributed by atoms with Crippen molar-refractivity contribution < 1.29 is 9.63 Å². The number of hydrogen-bond acceptors (Lipinski definition) is 6. The number of fused-ring (bicyclic) bond motifs is 2. The first kappa shape index (κ1) is 16.5. The Morgan fingerprint density at radius 3 is 2.52 bits per heavy atom. The highest BCUT2D eigenvalue weighted by molar-refractivity contribution is 5.54. The Kier molecular flexibility index (Phi) is 3.77. The summed E-state index contributed by atoms with van der Waals surface area (Å²) in [6.07, 6.45) is 1.07. The van der Waals surface area contributed by atoms with Crippen molar-refractivity contribution >= 4 is 5.95 Å². The van der Waals surface area contributed by atoms with E-state index in [0.29, 0.717) is 11.8 Å². The number of piperidine rings is 1. The van der Waals surface area contributed by atoms with Crippen LogP contribution in [0.2, 0.25) is 0 Å². The highest BCUT2D eigenvalue weighted by Crippen LogP contribution is 2.50. The molecule has 1 aromatic heterocycles. The van der Waals surface area contributed by atoms with Gasteiger partial charge in [0.15, 0.2) is 0 Å². The van der Waals surface area contributed by atoms with Crippen LogP contribution in [0.25, 0.3) is 11.5 Å². The molecule has 2 aliphatic rings. The molecule has 2 heterocycles. The molecule has 138 valence electrons. The van der Waals surface area contributed by atoms with Crippen LogP contribution in [0.4, 0.5) is 5.95 Å². The van der Waals surface area contributed by atoms with E-state index >= 15 is 0 Å². The normalized spacial score (nSPS) is 23.6. The number of benzene rings is 2. The van der Waals surface area contributed by atoms with Crippen LogP contribution in [0, 0.1) is 0 Å². The van der Waals surface area contributed by atoms with Crippen LogP contribution in [0.1, 0.15) is 30.0 Å². The van der Waals surface area contributed by atoms with E-state index in [-0.39, 0.29) is 11.5 Å². The van der Waals surface area contributed by atoms with Gasteiger partial charge in [-0.15, -0.1) is 0 Å². The number of aliphatic hydroxyl groups excluding tert-OH is 1. The Hall–Kier alpha value is -2.70. The van der Waals surface area contributed by atoms with Crippen LogP contribution in [0.5, 0.6) is 0 Å². The summed E-state index contributed by atoms with van der Waals surface area (Å²) in [6.45, 7) is 1.51. The lowest BCUT2D eigenvalue weighted by Gasteiger charge is -2.42. The first-order chi connectivity index (χ1) is 13.2. The second-order valence-electron chi connectivity index (χ2n) is 7.47. The van der Waals surface area contributed by atoms with Gasteiger partial charge in [-0.2, -0.15) is 4.98 Å². The SMILES string of the molecule is N[C@@H]1c2ccccc2C2(CCN(c3noc(-c4ccccc4)n3)CC2)[C@H]1O. The third-order valence-electron chi connectivity index (χ3n) is 6.14. The van der Waals surface area contributed by atoms with E-state index in [1.54, 1.807) is 0 Å². The Bertz CT molecular complexity index is 948. The molecule has 0 saturated carbocycles. The topological polar surface area (TPSA) is 88.4 Å². The number of anilines is 1. The van der Waals surface area contributed by atoms with Crippen molar-refractivity contribution in [3.8, 4) is 11.5 Å². The maximum Gasteiger partial charge on any atom is 0.266 e. The van der Waals surface area contributed by atoms with Gasteiger partial charge in [-0.25, -0.2) is 0 Å². The van der Waals surface area contributed by atoms with E-state index in [9.17, 15) is 5.11 Å². The van der Waals surface area contributed by atoms with Gasteiger partial charge in [-0.1, -0.05) is 42.5 Å². The quantitative estimate of drug-likeness (QED) is 0.729. The lowest BCUT2D eigenvalue weighted by atomic mass is 9.72. The molecular weight excluding hydrogens is 340 g/mol. The van der Waals surface area contributed by atoms with Gasteiger partial charge in [0.05, 0.1) is 12.1 Å². The van der Waals surface area contributed by atoms with Gasteiger partial charge < -0.3 is 20.3 Å². The monoisotopic (exact) mass is 362 g/mol. The second-order valence-corrected chi connectivity index (χ2v) is 7.47. The summed E-state index contributed by atoms with van der Waals surface area (Å²) < 4.78 is 5.44. The fraction of sp³-hybridized carbons (Fsp3) is 0.333. The second kappa shape index (κ2) is 6.18. The van der Waals surface area contributed by atoms with Crippen molar-refractivity contribution in [1.82, 2.24) is 10.1 Å². The number of hydrogen-bond donors (Lipinski definition) is 2. The Morgan fingerprint density at radius 1 is 1.04 bits per heavy atom. The molecule has 0 bridgehead atoms. The molecule has 5 rings (SSSR count). The Balaban J connectivity index is 1.38. The van der Waals surface area contributed by atoms with Gasteiger partial charge in [-0.3, -0.25) is 0 Å². The van der Waals surface area contributed by atoms with Crippen molar-refractivity contribution in [2.24, 2.45) is 5.73 Å². The van der Waals surface area contributed by atoms with Crippen LogP contribution in [-0.2, 0) is 5.41 Å². The molecule has 1 aliphatic heterocycles. The largest absolute Gasteiger partial charge is 0.390 e. The maximum absolute atomic E-state index is 10.9. The smallest absolute Gasteiger partial charge is 0.266 e. The zero-order valence-corrected chi connectivity index (χ0v) is 15.0. The van der Waals surface area contributed by atoms with Crippen molar-refractivity contribution in [3.05, 3.63) is 65.7 Å². The minimum Gasteiger partial charge on any atom is -0.390 e. The molecule has 27 heavy (non-hydrogen) atoms. The number of nitrogens with zero attached hydrogens (tertiary/aromatic N) is 3. The molecule has 2 atom stereocenters. The molecule has 1 aliphatic carbocycles. The Labute approximate surface area is 157 Å². The van der Waals surface area contributed by atoms with Crippen LogP contribution < -0.4 is 10.6 Å². The predicted molar refractivity (Wildman–Crippen MR) is 102 cm³/mol. The minimum atomic E-state index is -0.554. The average Bonchev–Trinajstić information content (AvgIpc) is 3.30. The van der Waals surface area contributed by atoms with E-state index in [0.717, 1.165) is 37.1 Å². The van der Waals surface area contributed by atoms with Gasteiger partial charge in [0.2, 0.25) is 0 Å². The molecule has 2 aromatic carbocycles. The van der Waals surface area contributed by atoms with Crippen LogP contribution in [-0.4, -0.2) is 34.4 Å². The third kappa shape index (κ3) is 2.48. The molecular formula is C21H22N4O2. The summed E-state index contributed by atoms with van der Waals surface area (Å²) in [6, 6.07) is 17.6. The summed E-state index contributed by atoms with van der Waals surface area (Å²) in [4.78, 5) is 6.68. The third-order valence-corrected chi connectivity index (χ3v) is 6.14. The molecule has 6 nitrogen and oxygen atoms in total. The molecule has 3 aromatic rings. The zero-order valence-electron chi connectivity index (χ0n) is 15.0. The van der Waals surface area contributed by atoms with Crippen LogP contribution >= 0.6 is 0 Å². The summed E-state index contributed by atoms with van der Waals surface area (Å²) in [5.74, 6) is 1.13. The summed E-state index contributed by atoms with van der Waals surface area (Å²) >= 11 is 0. The van der Waals surface area contributed by atoms with Gasteiger partial charge >= 0.3 is 0 Å². The van der Waals surface area contributed by atoms with Crippen molar-refractivity contribution in [2.45, 2.75) is 30.4 Å². The standard InChI is InChI=1S/C21H22N4O2/c22-17-15-8-4-5-9-16(15)21(18(17)26)10-12-25(13-11-21)20-23-19(27-24-20)14-6-2-1-3-7-14/h1-9,17-18,26H,10-13,22H2/t17-,18+/m1/s1. The summed E-state index contributed by atoms with van der Waals surface area (Å²) in [7, 11) is 0. The number of aliphatic hydroxyl groups is 1. The molecule has 0 radical (unpaired) electrons. The molecule has 3 N–H and O–H groups in total. The summed E-state index contributed by atoms with van der Waals surface area (Å²) in [5, 5.41) is 15.1. The zero-order chi connectivity index (χ0) is 18.4. The van der Waals surface area contributed by atoms with Gasteiger partial charge in [0.1, 0.15) is 0 Å². The molecule has 0 amide bonds. The van der Waals surface area contributed by atoms with E-state index < -0.39 is 6.10 Å². The Morgan fingerprint density at radius 2 is 1.74 bits per heavy atom. The molecule has 0 unspecified atom stereocenters. The fourth-order valence-corrected chi connectivity index (χ4v) is 4.63. The van der Waals surface area contributed by atoms with Crippen LogP contribution in [0.3, 0.4) is 0 Å². The van der Waals surface area contributed by atoms with Crippen LogP contribution in [0.15, 0.2) is 59.1 Å². The predicted octanol–water partition coefficient (Wildman–Crippen LogP) is 2.65. The van der Waals surface area contributed by atoms with Crippen molar-refractivity contribution in [1.29, 1.82) is 0 Å². The maximum atomic E-state index is 10.9. The molecule has 6 heteroatoms. The number of nitrogens with two attached hydrogens (primary N) is 1. The van der Waals surface area contributed by atoms with Gasteiger partial charge in [0.25, 0.3) is 11.8 Å². The summed E-state index contributed by atoms with van der Waals surface area (Å²) in [5.41, 5.74) is 9.21. The van der Waals surface area contributed by atoms with E-state index in [4.69, 9.17) is 10.3 Å². The highest BCUT2D eigenvalue weighted by Gasteiger charge is 2.51. The van der Waals surface area contributed by atoms with Gasteiger partial charge in [-0.05, 0) is 41.3 Å². The van der Waals surface area contributed by atoms with Crippen molar-refractivity contribution in [3.63, 3.8) is 0 Å².